The number of allylic oxidation sites excluding steroid dienone is 23. The summed E-state index contributed by atoms with van der Waals surface area (Å²) in [5.41, 5.74) is 0. The van der Waals surface area contributed by atoms with Gasteiger partial charge < -0.3 is 40.3 Å². The van der Waals surface area contributed by atoms with Crippen LogP contribution in [0.5, 0.6) is 0 Å². The molecule has 1 aliphatic heterocycles. The lowest BCUT2D eigenvalue weighted by atomic mass is 9.99. The molecule has 0 spiro atoms. The van der Waals surface area contributed by atoms with E-state index >= 15 is 0 Å². The van der Waals surface area contributed by atoms with E-state index in [1.54, 1.807) is 6.08 Å². The van der Waals surface area contributed by atoms with E-state index in [2.05, 4.69) is 153 Å². The lowest BCUT2D eigenvalue weighted by Gasteiger charge is -2.40. The van der Waals surface area contributed by atoms with Crippen molar-refractivity contribution >= 4 is 5.91 Å². The van der Waals surface area contributed by atoms with Gasteiger partial charge in [-0.15, -0.1) is 0 Å². The highest BCUT2D eigenvalue weighted by atomic mass is 16.7. The van der Waals surface area contributed by atoms with E-state index in [0.29, 0.717) is 12.8 Å². The summed E-state index contributed by atoms with van der Waals surface area (Å²) in [5.74, 6) is -0.233. The molecule has 0 aromatic heterocycles. The van der Waals surface area contributed by atoms with Crippen molar-refractivity contribution in [1.82, 2.24) is 5.32 Å². The van der Waals surface area contributed by atoms with Crippen molar-refractivity contribution in [3.63, 3.8) is 0 Å². The van der Waals surface area contributed by atoms with Crippen LogP contribution in [0, 0.1) is 0 Å². The molecule has 1 rings (SSSR count). The Hall–Kier alpha value is -3.93. The lowest BCUT2D eigenvalue weighted by molar-refractivity contribution is -0.302. The predicted octanol–water partition coefficient (Wildman–Crippen LogP) is 11.6. The predicted molar refractivity (Wildman–Crippen MR) is 276 cm³/mol. The maximum absolute atomic E-state index is 13.0. The van der Waals surface area contributed by atoms with E-state index in [0.717, 1.165) is 103 Å². The molecule has 9 heteroatoms. The fourth-order valence-electron chi connectivity index (χ4n) is 6.63. The van der Waals surface area contributed by atoms with Gasteiger partial charge in [-0.1, -0.05) is 179 Å². The van der Waals surface area contributed by atoms with E-state index in [4.69, 9.17) is 9.47 Å². The van der Waals surface area contributed by atoms with Crippen LogP contribution in [-0.4, -0.2) is 87.5 Å². The zero-order valence-corrected chi connectivity index (χ0v) is 40.6. The van der Waals surface area contributed by atoms with Gasteiger partial charge in [-0.2, -0.15) is 0 Å². The summed E-state index contributed by atoms with van der Waals surface area (Å²) in [6.07, 6.45) is 63.3. The molecule has 7 atom stereocenters. The van der Waals surface area contributed by atoms with Crippen LogP contribution in [0.1, 0.15) is 149 Å². The molecule has 0 bridgehead atoms. The number of ether oxygens (including phenoxy) is 2. The first-order chi connectivity index (χ1) is 32.3. The smallest absolute Gasteiger partial charge is 0.220 e. The van der Waals surface area contributed by atoms with Crippen LogP contribution in [-0.2, 0) is 14.3 Å². The molecule has 370 valence electrons. The van der Waals surface area contributed by atoms with E-state index < -0.39 is 49.5 Å². The third-order valence-electron chi connectivity index (χ3n) is 10.6. The molecule has 0 radical (unpaired) electrons. The highest BCUT2D eigenvalue weighted by Crippen LogP contribution is 2.22. The van der Waals surface area contributed by atoms with E-state index in [1.807, 2.05) is 6.08 Å². The van der Waals surface area contributed by atoms with Gasteiger partial charge in [-0.25, -0.2) is 0 Å². The van der Waals surface area contributed by atoms with Crippen molar-refractivity contribution in [2.75, 3.05) is 13.2 Å². The summed E-state index contributed by atoms with van der Waals surface area (Å²) in [6.45, 7) is 3.53. The second kappa shape index (κ2) is 44.9. The van der Waals surface area contributed by atoms with Crippen LogP contribution in [0.15, 0.2) is 146 Å². The zero-order chi connectivity index (χ0) is 48.0. The molecule has 66 heavy (non-hydrogen) atoms. The molecule has 6 N–H and O–H groups in total. The van der Waals surface area contributed by atoms with Gasteiger partial charge in [0.15, 0.2) is 6.29 Å². The second-order valence-corrected chi connectivity index (χ2v) is 16.5. The fraction of sp³-hybridized carbons (Fsp3) is 0.561. The Morgan fingerprint density at radius 1 is 0.530 bits per heavy atom. The molecular formula is C57H89NO8. The molecule has 1 saturated heterocycles. The number of nitrogens with one attached hydrogen (secondary N) is 1. The summed E-state index contributed by atoms with van der Waals surface area (Å²) in [7, 11) is 0. The quantitative estimate of drug-likeness (QED) is 0.0264. The van der Waals surface area contributed by atoms with E-state index in [9.17, 15) is 30.3 Å². The lowest BCUT2D eigenvalue weighted by Crippen LogP contribution is -2.60. The average Bonchev–Trinajstić information content (AvgIpc) is 3.32. The van der Waals surface area contributed by atoms with Crippen LogP contribution < -0.4 is 5.32 Å². The summed E-state index contributed by atoms with van der Waals surface area (Å²) in [5, 5.41) is 54.1. The van der Waals surface area contributed by atoms with Crippen molar-refractivity contribution in [3.05, 3.63) is 146 Å². The molecule has 1 aliphatic rings. The number of aliphatic hydroxyl groups is 5. The summed E-state index contributed by atoms with van der Waals surface area (Å²) >= 11 is 0. The molecule has 7 unspecified atom stereocenters. The van der Waals surface area contributed by atoms with Crippen molar-refractivity contribution < 1.29 is 39.8 Å². The van der Waals surface area contributed by atoms with Crippen LogP contribution in [0.2, 0.25) is 0 Å². The van der Waals surface area contributed by atoms with Crippen molar-refractivity contribution in [1.29, 1.82) is 0 Å². The minimum Gasteiger partial charge on any atom is -0.394 e. The second-order valence-electron chi connectivity index (χ2n) is 16.5. The van der Waals surface area contributed by atoms with E-state index in [-0.39, 0.29) is 18.9 Å². The Labute approximate surface area is 400 Å². The minimum atomic E-state index is -1.59. The Kier molecular flexibility index (Phi) is 40.9. The van der Waals surface area contributed by atoms with Gasteiger partial charge in [-0.05, 0) is 109 Å². The molecule has 0 aromatic carbocycles. The van der Waals surface area contributed by atoms with Gasteiger partial charge in [0.2, 0.25) is 5.91 Å². The standard InChI is InChI=1S/C57H89NO8/c1-3-5-7-9-11-13-15-17-18-19-20-21-22-23-24-25-26-27-28-29-30-31-32-33-34-35-37-39-41-43-45-47-53(61)58-50(49-65-57-56(64)55(63)54(62)52(48-59)66-57)51(60)46-44-42-40-38-36-16-14-12-10-8-6-4-2/h5,7,10-13,17-18,20-21,23-24,26-27,29-30,32-33,35-38,44,46,50-52,54-57,59-60,62-64H,3-4,6,8-9,14-16,19,22,25,28,31,34,39-43,45,47-49H2,1-2H3,(H,58,61)/b7-5-,12-10+,13-11-,18-17-,21-20-,24-23-,27-26-,30-29-,33-32-,37-35-,38-36+,46-44+. The summed E-state index contributed by atoms with van der Waals surface area (Å²) < 4.78 is 11.2. The normalized spacial score (nSPS) is 21.1. The van der Waals surface area contributed by atoms with Gasteiger partial charge >= 0.3 is 0 Å². The highest BCUT2D eigenvalue weighted by molar-refractivity contribution is 5.76. The maximum atomic E-state index is 13.0. The first-order valence-corrected chi connectivity index (χ1v) is 25.1. The van der Waals surface area contributed by atoms with Crippen molar-refractivity contribution in [2.24, 2.45) is 0 Å². The molecule has 1 heterocycles. The number of amides is 1. The van der Waals surface area contributed by atoms with E-state index in [1.165, 1.54) is 12.8 Å². The highest BCUT2D eigenvalue weighted by Gasteiger charge is 2.44. The van der Waals surface area contributed by atoms with Gasteiger partial charge in [0.25, 0.3) is 0 Å². The summed E-state index contributed by atoms with van der Waals surface area (Å²) in [4.78, 5) is 13.0. The maximum Gasteiger partial charge on any atom is 0.220 e. The molecule has 0 aromatic rings. The van der Waals surface area contributed by atoms with Crippen LogP contribution in [0.4, 0.5) is 0 Å². The van der Waals surface area contributed by atoms with Crippen LogP contribution >= 0.6 is 0 Å². The van der Waals surface area contributed by atoms with Crippen LogP contribution in [0.3, 0.4) is 0 Å². The summed E-state index contributed by atoms with van der Waals surface area (Å²) in [6, 6.07) is -0.856. The topological polar surface area (TPSA) is 149 Å². The number of unbranched alkanes of at least 4 members (excludes halogenated alkanes) is 7. The third kappa shape index (κ3) is 34.4. The number of carbonyl (C=O) groups is 1. The molecule has 1 fully saturated rings. The third-order valence-corrected chi connectivity index (χ3v) is 10.6. The molecule has 1 amide bonds. The zero-order valence-electron chi connectivity index (χ0n) is 40.6. The minimum absolute atomic E-state index is 0.231. The number of rotatable bonds is 39. The number of carbonyl (C=O) groups excluding carboxylic acids is 1. The number of hydrogen-bond acceptors (Lipinski definition) is 8. The SMILES string of the molecule is CC/C=C\C/C=C\C/C=C\C/C=C\C/C=C\C/C=C\C/C=C\C/C=C\C/C=C\CCCCCC(=O)NC(COC1OC(CO)C(O)C(O)C1O)C(O)/C=C/CC/C=C/CC/C=C/CCCC. The largest absolute Gasteiger partial charge is 0.394 e. The van der Waals surface area contributed by atoms with Crippen LogP contribution in [0.25, 0.3) is 0 Å². The number of aliphatic hydroxyl groups excluding tert-OH is 5. The van der Waals surface area contributed by atoms with Gasteiger partial charge in [0, 0.05) is 6.42 Å². The Balaban J connectivity index is 2.31. The molecular weight excluding hydrogens is 827 g/mol. The Bertz CT molecular complexity index is 1530. The first kappa shape index (κ1) is 60.1. The average molecular weight is 916 g/mol. The van der Waals surface area contributed by atoms with Gasteiger partial charge in [0.1, 0.15) is 24.4 Å². The van der Waals surface area contributed by atoms with Crippen molar-refractivity contribution in [3.8, 4) is 0 Å². The Morgan fingerprint density at radius 2 is 0.955 bits per heavy atom. The van der Waals surface area contributed by atoms with Gasteiger partial charge in [-0.3, -0.25) is 4.79 Å². The Morgan fingerprint density at radius 3 is 1.42 bits per heavy atom. The molecule has 0 aliphatic carbocycles. The monoisotopic (exact) mass is 916 g/mol. The molecule has 9 nitrogen and oxygen atoms in total. The van der Waals surface area contributed by atoms with Crippen molar-refractivity contribution in [2.45, 2.75) is 192 Å². The number of hydrogen-bond donors (Lipinski definition) is 6. The molecule has 0 saturated carbocycles. The first-order valence-electron chi connectivity index (χ1n) is 25.1. The van der Waals surface area contributed by atoms with Gasteiger partial charge in [0.05, 0.1) is 25.4 Å². The fourth-order valence-corrected chi connectivity index (χ4v) is 6.63.